The Labute approximate surface area is 135 Å². The first-order valence-corrected chi connectivity index (χ1v) is 7.20. The largest absolute Gasteiger partial charge is 0.339 e. The molecule has 1 aliphatic rings. The molecule has 2 rings (SSSR count). The zero-order valence-corrected chi connectivity index (χ0v) is 13.6. The van der Waals surface area contributed by atoms with Gasteiger partial charge in [0, 0.05) is 22.6 Å². The fourth-order valence-electron chi connectivity index (χ4n) is 2.59. The highest BCUT2D eigenvalue weighted by molar-refractivity contribution is 6.35. The van der Waals surface area contributed by atoms with Crippen molar-refractivity contribution >= 4 is 41.5 Å². The number of nitrogens with zero attached hydrogens (tertiary/aromatic N) is 1. The second-order valence-corrected chi connectivity index (χ2v) is 5.99. The van der Waals surface area contributed by atoms with Crippen LogP contribution in [0.4, 0.5) is 0 Å². The van der Waals surface area contributed by atoms with E-state index >= 15 is 0 Å². The minimum atomic E-state index is 0. The fraction of sp³-hybridized carbons (Fsp3) is 0.500. The summed E-state index contributed by atoms with van der Waals surface area (Å²) in [5, 5.41) is 1.13. The van der Waals surface area contributed by atoms with Gasteiger partial charge in [-0.1, -0.05) is 29.3 Å². The van der Waals surface area contributed by atoms with Gasteiger partial charge in [-0.15, -0.1) is 12.4 Å². The highest BCUT2D eigenvalue weighted by Gasteiger charge is 2.31. The molecule has 0 spiro atoms. The number of hydrogen-bond acceptors (Lipinski definition) is 2. The van der Waals surface area contributed by atoms with Gasteiger partial charge >= 0.3 is 0 Å². The Bertz CT molecular complexity index is 481. The first-order valence-electron chi connectivity index (χ1n) is 6.44. The Hall–Kier alpha value is -0.480. The van der Waals surface area contributed by atoms with Crippen LogP contribution >= 0.6 is 35.6 Å². The van der Waals surface area contributed by atoms with Crippen molar-refractivity contribution in [2.75, 3.05) is 13.1 Å². The van der Waals surface area contributed by atoms with Crippen molar-refractivity contribution in [3.8, 4) is 0 Å². The van der Waals surface area contributed by atoms with E-state index < -0.39 is 0 Å². The number of carbonyl (C=O) groups is 1. The Morgan fingerprint density at radius 2 is 2.15 bits per heavy atom. The van der Waals surface area contributed by atoms with E-state index in [1.54, 1.807) is 12.1 Å². The van der Waals surface area contributed by atoms with Crippen LogP contribution in [0, 0.1) is 5.92 Å². The summed E-state index contributed by atoms with van der Waals surface area (Å²) >= 11 is 11.9. The molecule has 6 heteroatoms. The Morgan fingerprint density at radius 1 is 1.45 bits per heavy atom. The number of rotatable bonds is 3. The molecule has 2 atom stereocenters. The molecule has 20 heavy (non-hydrogen) atoms. The molecular weight excluding hydrogens is 319 g/mol. The van der Waals surface area contributed by atoms with Crippen molar-refractivity contribution in [1.29, 1.82) is 0 Å². The summed E-state index contributed by atoms with van der Waals surface area (Å²) in [5.41, 5.74) is 6.50. The number of nitrogens with two attached hydrogens (primary N) is 1. The number of carbonyl (C=O) groups excluding carboxylic acids is 1. The van der Waals surface area contributed by atoms with Crippen molar-refractivity contribution in [3.05, 3.63) is 33.8 Å². The van der Waals surface area contributed by atoms with Gasteiger partial charge in [-0.05, 0) is 43.5 Å². The van der Waals surface area contributed by atoms with E-state index in [4.69, 9.17) is 28.9 Å². The van der Waals surface area contributed by atoms with Gasteiger partial charge in [-0.3, -0.25) is 4.79 Å². The number of hydrogen-bond donors (Lipinski definition) is 1. The first-order chi connectivity index (χ1) is 9.01. The summed E-state index contributed by atoms with van der Waals surface area (Å²) in [6, 6.07) is 5.49. The Morgan fingerprint density at radius 3 is 2.70 bits per heavy atom. The highest BCUT2D eigenvalue weighted by Crippen LogP contribution is 2.25. The lowest BCUT2D eigenvalue weighted by molar-refractivity contribution is -0.131. The molecule has 1 aromatic rings. The molecule has 0 radical (unpaired) electrons. The third kappa shape index (κ3) is 4.01. The van der Waals surface area contributed by atoms with Gasteiger partial charge in [0.2, 0.25) is 5.91 Å². The molecule has 1 heterocycles. The second-order valence-electron chi connectivity index (χ2n) is 5.15. The van der Waals surface area contributed by atoms with E-state index in [0.717, 1.165) is 18.5 Å². The lowest BCUT2D eigenvalue weighted by Gasteiger charge is -2.21. The van der Waals surface area contributed by atoms with E-state index in [9.17, 15) is 4.79 Å². The maximum absolute atomic E-state index is 12.3. The lowest BCUT2D eigenvalue weighted by Crippen LogP contribution is -2.35. The lowest BCUT2D eigenvalue weighted by atomic mass is 10.1. The summed E-state index contributed by atoms with van der Waals surface area (Å²) in [4.78, 5) is 14.2. The predicted octanol–water partition coefficient (Wildman–Crippen LogP) is 3.15. The van der Waals surface area contributed by atoms with Crippen LogP contribution in [0.2, 0.25) is 10.0 Å². The van der Waals surface area contributed by atoms with E-state index in [-0.39, 0.29) is 24.4 Å². The van der Waals surface area contributed by atoms with Crippen LogP contribution in [0.25, 0.3) is 0 Å². The third-order valence-electron chi connectivity index (χ3n) is 3.67. The van der Waals surface area contributed by atoms with E-state index in [1.807, 2.05) is 11.0 Å². The van der Waals surface area contributed by atoms with Crippen LogP contribution in [-0.2, 0) is 11.2 Å². The summed E-state index contributed by atoms with van der Waals surface area (Å²) in [7, 11) is 0. The van der Waals surface area contributed by atoms with Crippen LogP contribution in [-0.4, -0.2) is 29.9 Å². The van der Waals surface area contributed by atoms with Gasteiger partial charge in [0.25, 0.3) is 0 Å². The Kier molecular flexibility index (Phi) is 6.59. The molecule has 3 nitrogen and oxygen atoms in total. The number of benzene rings is 1. The van der Waals surface area contributed by atoms with E-state index in [2.05, 4.69) is 6.92 Å². The van der Waals surface area contributed by atoms with Crippen molar-refractivity contribution in [2.24, 2.45) is 11.7 Å². The normalized spacial score (nSPS) is 21.7. The van der Waals surface area contributed by atoms with E-state index in [1.165, 1.54) is 0 Å². The fourth-order valence-corrected chi connectivity index (χ4v) is 3.07. The van der Waals surface area contributed by atoms with Crippen molar-refractivity contribution in [2.45, 2.75) is 25.8 Å². The molecule has 112 valence electrons. The average molecular weight is 338 g/mol. The first kappa shape index (κ1) is 17.6. The smallest absolute Gasteiger partial charge is 0.227 e. The van der Waals surface area contributed by atoms with Crippen LogP contribution in [0.1, 0.15) is 18.9 Å². The quantitative estimate of drug-likeness (QED) is 0.921. The number of amides is 1. The molecule has 1 amide bonds. The Balaban J connectivity index is 0.00000200. The van der Waals surface area contributed by atoms with Crippen LogP contribution in [0.3, 0.4) is 0 Å². The molecule has 1 saturated heterocycles. The molecule has 0 aliphatic carbocycles. The number of halogens is 3. The van der Waals surface area contributed by atoms with Crippen molar-refractivity contribution in [1.82, 2.24) is 4.90 Å². The minimum Gasteiger partial charge on any atom is -0.339 e. The minimum absolute atomic E-state index is 0. The summed E-state index contributed by atoms with van der Waals surface area (Å²) in [5.74, 6) is 0.521. The molecule has 1 fully saturated rings. The third-order valence-corrected chi connectivity index (χ3v) is 4.26. The predicted molar refractivity (Wildman–Crippen MR) is 85.8 cm³/mol. The van der Waals surface area contributed by atoms with Gasteiger partial charge in [-0.25, -0.2) is 0 Å². The second kappa shape index (κ2) is 7.51. The molecule has 2 N–H and O–H groups in total. The van der Waals surface area contributed by atoms with E-state index in [0.29, 0.717) is 28.9 Å². The van der Waals surface area contributed by atoms with Crippen molar-refractivity contribution in [3.63, 3.8) is 0 Å². The van der Waals surface area contributed by atoms with Gasteiger partial charge in [-0.2, -0.15) is 0 Å². The summed E-state index contributed by atoms with van der Waals surface area (Å²) in [6.45, 7) is 3.45. The maximum atomic E-state index is 12.3. The van der Waals surface area contributed by atoms with Gasteiger partial charge < -0.3 is 10.6 Å². The molecule has 0 bridgehead atoms. The number of likely N-dealkylation sites (tertiary alicyclic amines) is 1. The highest BCUT2D eigenvalue weighted by atomic mass is 35.5. The van der Waals surface area contributed by atoms with Crippen LogP contribution < -0.4 is 5.73 Å². The zero-order chi connectivity index (χ0) is 14.0. The van der Waals surface area contributed by atoms with Gasteiger partial charge in [0.1, 0.15) is 0 Å². The molecule has 0 saturated carbocycles. The van der Waals surface area contributed by atoms with Gasteiger partial charge in [0.15, 0.2) is 0 Å². The monoisotopic (exact) mass is 336 g/mol. The molecule has 1 aromatic carbocycles. The topological polar surface area (TPSA) is 46.3 Å². The van der Waals surface area contributed by atoms with Crippen LogP contribution in [0.15, 0.2) is 18.2 Å². The molecule has 2 unspecified atom stereocenters. The molecule has 1 aliphatic heterocycles. The standard InChI is InChI=1S/C14H18Cl2N2O.ClH/c1-9-4-10(7-17)8-18(9)14(19)5-11-2-3-12(15)6-13(11)16;/h2-3,6,9-10H,4-5,7-8,17H2,1H3;1H. The molecule has 0 aromatic heterocycles. The molecular formula is C14H19Cl3N2O. The average Bonchev–Trinajstić information content (AvgIpc) is 2.74. The SMILES string of the molecule is CC1CC(CN)CN1C(=O)Cc1ccc(Cl)cc1Cl.Cl. The van der Waals surface area contributed by atoms with Crippen LogP contribution in [0.5, 0.6) is 0 Å². The summed E-state index contributed by atoms with van der Waals surface area (Å²) < 4.78 is 0. The maximum Gasteiger partial charge on any atom is 0.227 e. The van der Waals surface area contributed by atoms with Gasteiger partial charge in [0.05, 0.1) is 6.42 Å². The zero-order valence-electron chi connectivity index (χ0n) is 11.3. The van der Waals surface area contributed by atoms with Crippen molar-refractivity contribution < 1.29 is 4.79 Å². The summed E-state index contributed by atoms with van der Waals surface area (Å²) in [6.07, 6.45) is 1.30.